The van der Waals surface area contributed by atoms with Gasteiger partial charge < -0.3 is 11.1 Å². The number of aromatic amines is 1. The summed E-state index contributed by atoms with van der Waals surface area (Å²) in [6, 6.07) is 1.69. The Kier molecular flexibility index (Phi) is 3.66. The van der Waals surface area contributed by atoms with E-state index in [1.165, 1.54) is 6.33 Å². The first-order valence-corrected chi connectivity index (χ1v) is 5.61. The summed E-state index contributed by atoms with van der Waals surface area (Å²) < 4.78 is 0. The molecule has 0 amide bonds. The second-order valence-corrected chi connectivity index (χ2v) is 3.76. The van der Waals surface area contributed by atoms with E-state index in [0.717, 1.165) is 24.4 Å². The van der Waals surface area contributed by atoms with Crippen LogP contribution in [0.15, 0.2) is 24.8 Å². The van der Waals surface area contributed by atoms with Gasteiger partial charge in [-0.25, -0.2) is 4.98 Å². The van der Waals surface area contributed by atoms with Gasteiger partial charge in [-0.3, -0.25) is 10.1 Å². The van der Waals surface area contributed by atoms with Crippen molar-refractivity contribution in [3.63, 3.8) is 0 Å². The number of nitrogens with two attached hydrogens (primary N) is 1. The van der Waals surface area contributed by atoms with Crippen molar-refractivity contribution in [2.45, 2.75) is 19.4 Å². The number of nitrogens with one attached hydrogen (secondary N) is 2. The minimum absolute atomic E-state index is 0.0915. The monoisotopic (exact) mass is 232 g/mol. The van der Waals surface area contributed by atoms with Gasteiger partial charge >= 0.3 is 0 Å². The standard InChI is InChI=1S/C11H16N6/c1-2-4-14-10(11-15-7-16-17-11)8-6-13-5-3-9(8)12/h3,5-7,10,14H,2,4H2,1H3,(H2,12,13)(H,15,16,17). The molecule has 0 saturated carbocycles. The second-order valence-electron chi connectivity index (χ2n) is 3.76. The predicted molar refractivity (Wildman–Crippen MR) is 65.2 cm³/mol. The number of rotatable bonds is 5. The van der Waals surface area contributed by atoms with Gasteiger partial charge in [0.25, 0.3) is 0 Å². The Bertz CT molecular complexity index is 453. The number of anilines is 1. The molecule has 1 atom stereocenters. The third-order valence-electron chi connectivity index (χ3n) is 2.50. The van der Waals surface area contributed by atoms with Gasteiger partial charge in [0.2, 0.25) is 0 Å². The number of nitrogen functional groups attached to an aromatic ring is 1. The molecule has 2 rings (SSSR count). The number of pyridine rings is 1. The van der Waals surface area contributed by atoms with E-state index < -0.39 is 0 Å². The molecule has 2 heterocycles. The van der Waals surface area contributed by atoms with Crippen molar-refractivity contribution in [1.29, 1.82) is 0 Å². The van der Waals surface area contributed by atoms with Crippen LogP contribution in [0.25, 0.3) is 0 Å². The summed E-state index contributed by atoms with van der Waals surface area (Å²) in [5.74, 6) is 0.748. The summed E-state index contributed by atoms with van der Waals surface area (Å²) in [5, 5.41) is 10.1. The molecule has 0 bridgehead atoms. The molecule has 6 nitrogen and oxygen atoms in total. The van der Waals surface area contributed by atoms with Gasteiger partial charge in [-0.05, 0) is 19.0 Å². The summed E-state index contributed by atoms with van der Waals surface area (Å²) in [5.41, 5.74) is 7.57. The van der Waals surface area contributed by atoms with Crippen molar-refractivity contribution < 1.29 is 0 Å². The Morgan fingerprint density at radius 3 is 3.06 bits per heavy atom. The first-order chi connectivity index (χ1) is 8.33. The molecule has 0 saturated heterocycles. The zero-order chi connectivity index (χ0) is 12.1. The maximum Gasteiger partial charge on any atom is 0.146 e. The van der Waals surface area contributed by atoms with Crippen LogP contribution < -0.4 is 11.1 Å². The molecule has 17 heavy (non-hydrogen) atoms. The lowest BCUT2D eigenvalue weighted by molar-refractivity contribution is 0.573. The molecule has 0 aliphatic rings. The van der Waals surface area contributed by atoms with Crippen molar-refractivity contribution >= 4 is 5.69 Å². The van der Waals surface area contributed by atoms with Crippen molar-refractivity contribution in [3.05, 3.63) is 36.2 Å². The normalized spacial score (nSPS) is 12.5. The highest BCUT2D eigenvalue weighted by atomic mass is 15.2. The van der Waals surface area contributed by atoms with E-state index >= 15 is 0 Å². The highest BCUT2D eigenvalue weighted by molar-refractivity contribution is 5.48. The van der Waals surface area contributed by atoms with Gasteiger partial charge in [-0.2, -0.15) is 5.10 Å². The average Bonchev–Trinajstić information content (AvgIpc) is 2.85. The molecule has 2 aromatic heterocycles. The summed E-state index contributed by atoms with van der Waals surface area (Å²) in [6.45, 7) is 2.98. The van der Waals surface area contributed by atoms with E-state index in [0.29, 0.717) is 5.69 Å². The molecule has 0 aliphatic carbocycles. The molecule has 4 N–H and O–H groups in total. The molecule has 0 fully saturated rings. The molecule has 0 spiro atoms. The largest absolute Gasteiger partial charge is 0.398 e. The number of aromatic nitrogens is 4. The van der Waals surface area contributed by atoms with Gasteiger partial charge in [0.05, 0.1) is 6.04 Å². The van der Waals surface area contributed by atoms with Crippen molar-refractivity contribution in [2.24, 2.45) is 0 Å². The van der Waals surface area contributed by atoms with Crippen LogP contribution in [0.4, 0.5) is 5.69 Å². The number of hydrogen-bond acceptors (Lipinski definition) is 5. The van der Waals surface area contributed by atoms with Gasteiger partial charge in [0, 0.05) is 23.6 Å². The molecule has 6 heteroatoms. The van der Waals surface area contributed by atoms with E-state index in [1.54, 1.807) is 18.5 Å². The zero-order valence-corrected chi connectivity index (χ0v) is 9.72. The van der Waals surface area contributed by atoms with Crippen LogP contribution in [-0.2, 0) is 0 Å². The van der Waals surface area contributed by atoms with Gasteiger partial charge in [-0.15, -0.1) is 0 Å². The van der Waals surface area contributed by atoms with E-state index in [9.17, 15) is 0 Å². The minimum atomic E-state index is -0.0915. The van der Waals surface area contributed by atoms with E-state index in [1.807, 2.05) is 0 Å². The van der Waals surface area contributed by atoms with Crippen molar-refractivity contribution in [2.75, 3.05) is 12.3 Å². The fourth-order valence-electron chi connectivity index (χ4n) is 1.66. The number of hydrogen-bond donors (Lipinski definition) is 3. The Labute approximate surface area is 99.7 Å². The highest BCUT2D eigenvalue weighted by Crippen LogP contribution is 2.22. The van der Waals surface area contributed by atoms with Crippen LogP contribution in [0.3, 0.4) is 0 Å². The molecule has 90 valence electrons. The summed E-state index contributed by atoms with van der Waals surface area (Å²) in [4.78, 5) is 8.28. The molecule has 0 aliphatic heterocycles. The van der Waals surface area contributed by atoms with Crippen LogP contribution in [-0.4, -0.2) is 26.7 Å². The Hall–Kier alpha value is -1.95. The number of nitrogens with zero attached hydrogens (tertiary/aromatic N) is 3. The summed E-state index contributed by atoms with van der Waals surface area (Å²) in [6.07, 6.45) is 5.95. The van der Waals surface area contributed by atoms with Crippen LogP contribution in [0.5, 0.6) is 0 Å². The maximum atomic E-state index is 5.96. The SMILES string of the molecule is CCCNC(c1ncn[nH]1)c1cnccc1N. The first-order valence-electron chi connectivity index (χ1n) is 5.61. The zero-order valence-electron chi connectivity index (χ0n) is 9.72. The van der Waals surface area contributed by atoms with Gasteiger partial charge in [0.15, 0.2) is 0 Å². The Morgan fingerprint density at radius 2 is 2.41 bits per heavy atom. The maximum absolute atomic E-state index is 5.96. The number of H-pyrrole nitrogens is 1. The van der Waals surface area contributed by atoms with Crippen LogP contribution in [0.1, 0.15) is 30.8 Å². The average molecular weight is 232 g/mol. The highest BCUT2D eigenvalue weighted by Gasteiger charge is 2.18. The Balaban J connectivity index is 2.30. The smallest absolute Gasteiger partial charge is 0.146 e. The topological polar surface area (TPSA) is 92.5 Å². The van der Waals surface area contributed by atoms with Crippen molar-refractivity contribution in [1.82, 2.24) is 25.5 Å². The summed E-state index contributed by atoms with van der Waals surface area (Å²) in [7, 11) is 0. The van der Waals surface area contributed by atoms with Crippen LogP contribution in [0, 0.1) is 0 Å². The van der Waals surface area contributed by atoms with E-state index in [2.05, 4.69) is 32.4 Å². The summed E-state index contributed by atoms with van der Waals surface area (Å²) >= 11 is 0. The quantitative estimate of drug-likeness (QED) is 0.711. The van der Waals surface area contributed by atoms with Gasteiger partial charge in [0.1, 0.15) is 12.2 Å². The van der Waals surface area contributed by atoms with E-state index in [4.69, 9.17) is 5.73 Å². The predicted octanol–water partition coefficient (Wildman–Crippen LogP) is 0.871. The van der Waals surface area contributed by atoms with Crippen LogP contribution >= 0.6 is 0 Å². The molecular weight excluding hydrogens is 216 g/mol. The van der Waals surface area contributed by atoms with Crippen molar-refractivity contribution in [3.8, 4) is 0 Å². The lowest BCUT2D eigenvalue weighted by Gasteiger charge is -2.17. The molecule has 0 aromatic carbocycles. The molecule has 1 unspecified atom stereocenters. The van der Waals surface area contributed by atoms with E-state index in [-0.39, 0.29) is 6.04 Å². The minimum Gasteiger partial charge on any atom is -0.398 e. The van der Waals surface area contributed by atoms with Gasteiger partial charge in [-0.1, -0.05) is 6.92 Å². The third kappa shape index (κ3) is 2.59. The lowest BCUT2D eigenvalue weighted by Crippen LogP contribution is -2.25. The fourth-order valence-corrected chi connectivity index (χ4v) is 1.66. The van der Waals surface area contributed by atoms with Crippen LogP contribution in [0.2, 0.25) is 0 Å². The Morgan fingerprint density at radius 1 is 1.53 bits per heavy atom. The second kappa shape index (κ2) is 5.40. The third-order valence-corrected chi connectivity index (χ3v) is 2.50. The molecular formula is C11H16N6. The molecule has 0 radical (unpaired) electrons. The first kappa shape index (κ1) is 11.5. The molecule has 2 aromatic rings. The lowest BCUT2D eigenvalue weighted by atomic mass is 10.1. The fraction of sp³-hybridized carbons (Fsp3) is 0.364.